The molecule has 0 aliphatic rings. The number of aromatic nitrogens is 4. The van der Waals surface area contributed by atoms with Crippen LogP contribution in [-0.2, 0) is 0 Å². The van der Waals surface area contributed by atoms with Gasteiger partial charge >= 0.3 is 0 Å². The molecule has 1 N–H and O–H groups in total. The number of hydrogen-bond donors (Lipinski definition) is 1. The maximum atomic E-state index is 13.7. The van der Waals surface area contributed by atoms with Gasteiger partial charge in [-0.1, -0.05) is 6.07 Å². The average molecular weight is 313 g/mol. The van der Waals surface area contributed by atoms with Crippen LogP contribution in [0.3, 0.4) is 0 Å². The SMILES string of the molecule is COc1ccc(C(=O)Nc2cccc(-n3cnnn3)c2)cc1F. The highest BCUT2D eigenvalue weighted by molar-refractivity contribution is 6.04. The highest BCUT2D eigenvalue weighted by Gasteiger charge is 2.11. The second kappa shape index (κ2) is 6.22. The summed E-state index contributed by atoms with van der Waals surface area (Å²) in [7, 11) is 1.36. The second-order valence-electron chi connectivity index (χ2n) is 4.61. The maximum absolute atomic E-state index is 13.7. The lowest BCUT2D eigenvalue weighted by atomic mass is 10.2. The zero-order valence-electron chi connectivity index (χ0n) is 12.1. The quantitative estimate of drug-likeness (QED) is 0.797. The molecule has 0 radical (unpaired) electrons. The minimum Gasteiger partial charge on any atom is -0.494 e. The topological polar surface area (TPSA) is 81.9 Å². The fraction of sp³-hybridized carbons (Fsp3) is 0.0667. The van der Waals surface area contributed by atoms with Crippen molar-refractivity contribution in [3.63, 3.8) is 0 Å². The van der Waals surface area contributed by atoms with Gasteiger partial charge in [0.2, 0.25) is 0 Å². The summed E-state index contributed by atoms with van der Waals surface area (Å²) in [5, 5.41) is 13.6. The van der Waals surface area contributed by atoms with Crippen LogP contribution < -0.4 is 10.1 Å². The smallest absolute Gasteiger partial charge is 0.255 e. The molecule has 23 heavy (non-hydrogen) atoms. The Hall–Kier alpha value is -3.29. The first-order valence-electron chi connectivity index (χ1n) is 6.65. The number of nitrogens with one attached hydrogen (secondary N) is 1. The van der Waals surface area contributed by atoms with Gasteiger partial charge in [-0.2, -0.15) is 0 Å². The van der Waals surface area contributed by atoms with Crippen molar-refractivity contribution in [1.82, 2.24) is 20.2 Å². The number of carbonyl (C=O) groups excluding carboxylic acids is 1. The molecule has 0 spiro atoms. The van der Waals surface area contributed by atoms with Gasteiger partial charge in [0.05, 0.1) is 12.8 Å². The minimum atomic E-state index is -0.595. The van der Waals surface area contributed by atoms with Gasteiger partial charge in [0.1, 0.15) is 6.33 Å². The average Bonchev–Trinajstić information content (AvgIpc) is 3.09. The monoisotopic (exact) mass is 313 g/mol. The van der Waals surface area contributed by atoms with Gasteiger partial charge in [0.25, 0.3) is 5.91 Å². The van der Waals surface area contributed by atoms with Crippen LogP contribution >= 0.6 is 0 Å². The lowest BCUT2D eigenvalue weighted by Gasteiger charge is -2.08. The Morgan fingerprint density at radius 1 is 1.26 bits per heavy atom. The van der Waals surface area contributed by atoms with Crippen LogP contribution in [0.5, 0.6) is 5.75 Å². The molecular weight excluding hydrogens is 301 g/mol. The van der Waals surface area contributed by atoms with E-state index in [-0.39, 0.29) is 11.3 Å². The van der Waals surface area contributed by atoms with Crippen LogP contribution in [0.25, 0.3) is 5.69 Å². The summed E-state index contributed by atoms with van der Waals surface area (Å²) in [4.78, 5) is 12.2. The van der Waals surface area contributed by atoms with E-state index in [2.05, 4.69) is 20.8 Å². The van der Waals surface area contributed by atoms with Crippen molar-refractivity contribution in [2.45, 2.75) is 0 Å². The summed E-state index contributed by atoms with van der Waals surface area (Å²) in [6, 6.07) is 11.0. The summed E-state index contributed by atoms with van der Waals surface area (Å²) in [5.74, 6) is -0.940. The van der Waals surface area contributed by atoms with Crippen LogP contribution in [-0.4, -0.2) is 33.2 Å². The van der Waals surface area contributed by atoms with E-state index < -0.39 is 11.7 Å². The Labute approximate surface area is 130 Å². The molecule has 0 fully saturated rings. The Bertz CT molecular complexity index is 836. The van der Waals surface area contributed by atoms with Crippen molar-refractivity contribution in [1.29, 1.82) is 0 Å². The second-order valence-corrected chi connectivity index (χ2v) is 4.61. The lowest BCUT2D eigenvalue weighted by molar-refractivity contribution is 0.102. The van der Waals surface area contributed by atoms with E-state index in [1.165, 1.54) is 30.3 Å². The Morgan fingerprint density at radius 2 is 2.13 bits per heavy atom. The number of hydrogen-bond acceptors (Lipinski definition) is 5. The van der Waals surface area contributed by atoms with Crippen LogP contribution in [0.15, 0.2) is 48.8 Å². The molecule has 1 aromatic heterocycles. The molecule has 0 saturated carbocycles. The molecule has 0 aliphatic heterocycles. The van der Waals surface area contributed by atoms with Gasteiger partial charge in [-0.05, 0) is 46.8 Å². The van der Waals surface area contributed by atoms with Crippen LogP contribution in [0.1, 0.15) is 10.4 Å². The largest absolute Gasteiger partial charge is 0.494 e. The summed E-state index contributed by atoms with van der Waals surface area (Å²) in [6.45, 7) is 0. The normalized spacial score (nSPS) is 10.3. The predicted octanol–water partition coefficient (Wildman–Crippen LogP) is 2.06. The molecule has 3 rings (SSSR count). The van der Waals surface area contributed by atoms with Gasteiger partial charge < -0.3 is 10.1 Å². The van der Waals surface area contributed by atoms with Crippen molar-refractivity contribution in [2.24, 2.45) is 0 Å². The molecule has 0 saturated heterocycles. The number of rotatable bonds is 4. The van der Waals surface area contributed by atoms with Gasteiger partial charge in [-0.15, -0.1) is 5.10 Å². The molecular formula is C15H12FN5O2. The summed E-state index contributed by atoms with van der Waals surface area (Å²) < 4.78 is 20.0. The van der Waals surface area contributed by atoms with Crippen molar-refractivity contribution in [3.05, 3.63) is 60.2 Å². The zero-order chi connectivity index (χ0) is 16.2. The molecule has 1 amide bonds. The molecule has 3 aromatic rings. The van der Waals surface area contributed by atoms with Crippen LogP contribution in [0, 0.1) is 5.82 Å². The molecule has 0 aliphatic carbocycles. The fourth-order valence-corrected chi connectivity index (χ4v) is 2.02. The van der Waals surface area contributed by atoms with Gasteiger partial charge in [0, 0.05) is 11.3 Å². The van der Waals surface area contributed by atoms with E-state index in [0.717, 1.165) is 6.07 Å². The van der Waals surface area contributed by atoms with Gasteiger partial charge in [-0.25, -0.2) is 9.07 Å². The third-order valence-electron chi connectivity index (χ3n) is 3.13. The number of benzene rings is 2. The van der Waals surface area contributed by atoms with Crippen LogP contribution in [0.2, 0.25) is 0 Å². The van der Waals surface area contributed by atoms with Gasteiger partial charge in [-0.3, -0.25) is 4.79 Å². The third-order valence-corrected chi connectivity index (χ3v) is 3.13. The van der Waals surface area contributed by atoms with E-state index in [9.17, 15) is 9.18 Å². The van der Waals surface area contributed by atoms with Crippen molar-refractivity contribution < 1.29 is 13.9 Å². The van der Waals surface area contributed by atoms with Crippen LogP contribution in [0.4, 0.5) is 10.1 Å². The summed E-state index contributed by atoms with van der Waals surface area (Å²) in [6.07, 6.45) is 1.44. The standard InChI is InChI=1S/C15H12FN5O2/c1-23-14-6-5-10(7-13(14)16)15(22)18-11-3-2-4-12(8-11)21-9-17-19-20-21/h2-9H,1H3,(H,18,22). The Morgan fingerprint density at radius 3 is 2.83 bits per heavy atom. The number of carbonyl (C=O) groups is 1. The Kier molecular flexibility index (Phi) is 3.96. The molecule has 2 aromatic carbocycles. The molecule has 7 nitrogen and oxygen atoms in total. The molecule has 8 heteroatoms. The number of amides is 1. The number of halogens is 1. The van der Waals surface area contributed by atoms with Crippen molar-refractivity contribution >= 4 is 11.6 Å². The van der Waals surface area contributed by atoms with E-state index in [4.69, 9.17) is 4.74 Å². The third kappa shape index (κ3) is 3.15. The van der Waals surface area contributed by atoms with Crippen molar-refractivity contribution in [2.75, 3.05) is 12.4 Å². The Balaban J connectivity index is 1.80. The fourth-order valence-electron chi connectivity index (χ4n) is 2.02. The van der Waals surface area contributed by atoms with E-state index >= 15 is 0 Å². The minimum absolute atomic E-state index is 0.0854. The first-order chi connectivity index (χ1) is 11.2. The molecule has 0 atom stereocenters. The number of nitrogens with zero attached hydrogens (tertiary/aromatic N) is 4. The highest BCUT2D eigenvalue weighted by atomic mass is 19.1. The zero-order valence-corrected chi connectivity index (χ0v) is 12.1. The summed E-state index contributed by atoms with van der Waals surface area (Å²) >= 11 is 0. The number of ether oxygens (including phenoxy) is 1. The maximum Gasteiger partial charge on any atom is 0.255 e. The molecule has 116 valence electrons. The first kappa shape index (κ1) is 14.6. The van der Waals surface area contributed by atoms with Crippen molar-refractivity contribution in [3.8, 4) is 11.4 Å². The number of tetrazole rings is 1. The number of anilines is 1. The predicted molar refractivity (Wildman–Crippen MR) is 80.1 cm³/mol. The lowest BCUT2D eigenvalue weighted by Crippen LogP contribution is -2.12. The molecule has 0 bridgehead atoms. The van der Waals surface area contributed by atoms with E-state index in [0.29, 0.717) is 11.4 Å². The van der Waals surface area contributed by atoms with Gasteiger partial charge in [0.15, 0.2) is 11.6 Å². The van der Waals surface area contributed by atoms with E-state index in [1.807, 2.05) is 0 Å². The highest BCUT2D eigenvalue weighted by Crippen LogP contribution is 2.19. The summed E-state index contributed by atoms with van der Waals surface area (Å²) in [5.41, 5.74) is 1.42. The van der Waals surface area contributed by atoms with E-state index in [1.54, 1.807) is 24.3 Å². The molecule has 0 unspecified atom stereocenters. The number of methoxy groups -OCH3 is 1. The molecule has 1 heterocycles. The first-order valence-corrected chi connectivity index (χ1v) is 6.65.